The van der Waals surface area contributed by atoms with Gasteiger partial charge in [0.15, 0.2) is 11.3 Å². The van der Waals surface area contributed by atoms with Gasteiger partial charge in [0, 0.05) is 56.2 Å². The zero-order chi connectivity index (χ0) is 22.5. The number of nitrogens with zero attached hydrogens (tertiary/aromatic N) is 7. The van der Waals surface area contributed by atoms with Crippen LogP contribution in [0.1, 0.15) is 0 Å². The highest BCUT2D eigenvalue weighted by molar-refractivity contribution is 5.94. The zero-order valence-corrected chi connectivity index (χ0v) is 18.6. The predicted molar refractivity (Wildman–Crippen MR) is 130 cm³/mol. The summed E-state index contributed by atoms with van der Waals surface area (Å²) in [7, 11) is 4.01. The van der Waals surface area contributed by atoms with Crippen molar-refractivity contribution in [1.29, 1.82) is 0 Å². The number of para-hydroxylation sites is 1. The maximum atomic E-state index is 13.2. The van der Waals surface area contributed by atoms with Gasteiger partial charge in [0.05, 0.1) is 5.52 Å². The molecular formula is C24H24N8O. The van der Waals surface area contributed by atoms with E-state index < -0.39 is 0 Å². The molecule has 1 aliphatic rings. The Kier molecular flexibility index (Phi) is 4.51. The van der Waals surface area contributed by atoms with Crippen LogP contribution in [0.5, 0.6) is 0 Å². The van der Waals surface area contributed by atoms with E-state index >= 15 is 0 Å². The van der Waals surface area contributed by atoms with E-state index in [1.54, 1.807) is 10.7 Å². The second-order valence-electron chi connectivity index (χ2n) is 8.49. The molecule has 0 atom stereocenters. The second kappa shape index (κ2) is 7.56. The summed E-state index contributed by atoms with van der Waals surface area (Å²) in [6.07, 6.45) is 1.54. The third-order valence-corrected chi connectivity index (χ3v) is 6.39. The molecule has 166 valence electrons. The van der Waals surface area contributed by atoms with Crippen molar-refractivity contribution in [2.75, 3.05) is 43.4 Å². The molecule has 0 bridgehead atoms. The molecule has 0 saturated carbocycles. The summed E-state index contributed by atoms with van der Waals surface area (Å²) in [4.78, 5) is 31.5. The van der Waals surface area contributed by atoms with Gasteiger partial charge in [-0.25, -0.2) is 9.97 Å². The lowest BCUT2D eigenvalue weighted by atomic mass is 10.2. The SMILES string of the molecule is CN1CCN(c2ccc(Nc3ncc4c(=O)n5c(nc4n3)c3ccccc3n5C)cc2)CC1. The Morgan fingerprint density at radius 2 is 1.64 bits per heavy atom. The lowest BCUT2D eigenvalue weighted by Crippen LogP contribution is -2.44. The molecule has 1 saturated heterocycles. The van der Waals surface area contributed by atoms with Gasteiger partial charge in [-0.2, -0.15) is 9.50 Å². The average Bonchev–Trinajstić information content (AvgIpc) is 3.12. The van der Waals surface area contributed by atoms with Crippen LogP contribution in [-0.2, 0) is 7.05 Å². The Bertz CT molecular complexity index is 1540. The first kappa shape index (κ1) is 19.7. The quantitative estimate of drug-likeness (QED) is 0.462. The van der Waals surface area contributed by atoms with Gasteiger partial charge in [-0.15, -0.1) is 0 Å². The van der Waals surface area contributed by atoms with E-state index in [9.17, 15) is 4.79 Å². The summed E-state index contributed by atoms with van der Waals surface area (Å²) < 4.78 is 3.38. The molecule has 1 aliphatic heterocycles. The summed E-state index contributed by atoms with van der Waals surface area (Å²) in [5.74, 6) is 0.409. The van der Waals surface area contributed by atoms with Gasteiger partial charge < -0.3 is 15.1 Å². The van der Waals surface area contributed by atoms with Crippen LogP contribution in [0, 0.1) is 0 Å². The fourth-order valence-electron chi connectivity index (χ4n) is 4.48. The molecule has 0 amide bonds. The minimum absolute atomic E-state index is 0.184. The summed E-state index contributed by atoms with van der Waals surface area (Å²) >= 11 is 0. The Morgan fingerprint density at radius 1 is 0.879 bits per heavy atom. The Balaban J connectivity index is 1.33. The maximum Gasteiger partial charge on any atom is 0.283 e. The largest absolute Gasteiger partial charge is 0.369 e. The van der Waals surface area contributed by atoms with E-state index in [4.69, 9.17) is 4.98 Å². The van der Waals surface area contributed by atoms with Crippen LogP contribution in [0.15, 0.2) is 59.5 Å². The molecule has 1 fully saturated rings. The number of likely N-dealkylation sites (N-methyl/N-ethyl adjacent to an activating group) is 1. The van der Waals surface area contributed by atoms with Gasteiger partial charge in [0.1, 0.15) is 5.39 Å². The monoisotopic (exact) mass is 440 g/mol. The smallest absolute Gasteiger partial charge is 0.283 e. The van der Waals surface area contributed by atoms with Crippen molar-refractivity contribution in [3.63, 3.8) is 0 Å². The van der Waals surface area contributed by atoms with Crippen molar-refractivity contribution in [2.45, 2.75) is 0 Å². The summed E-state index contributed by atoms with van der Waals surface area (Å²) in [6, 6.07) is 16.1. The van der Waals surface area contributed by atoms with Gasteiger partial charge in [-0.3, -0.25) is 9.48 Å². The summed E-state index contributed by atoms with van der Waals surface area (Å²) in [5, 5.41) is 4.53. The molecule has 4 heterocycles. The molecule has 33 heavy (non-hydrogen) atoms. The number of hydrogen-bond acceptors (Lipinski definition) is 7. The van der Waals surface area contributed by atoms with Crippen LogP contribution >= 0.6 is 0 Å². The molecule has 5 aromatic rings. The van der Waals surface area contributed by atoms with E-state index in [1.807, 2.05) is 48.1 Å². The van der Waals surface area contributed by atoms with Crippen LogP contribution in [0.25, 0.3) is 27.6 Å². The van der Waals surface area contributed by atoms with E-state index in [0.717, 1.165) is 42.8 Å². The number of fused-ring (bicyclic) bond motifs is 4. The summed E-state index contributed by atoms with van der Waals surface area (Å²) in [6.45, 7) is 4.20. The number of aromatic nitrogens is 5. The number of hydrogen-bond donors (Lipinski definition) is 1. The van der Waals surface area contributed by atoms with Crippen LogP contribution in [0.2, 0.25) is 0 Å². The third kappa shape index (κ3) is 3.28. The lowest BCUT2D eigenvalue weighted by Gasteiger charge is -2.34. The number of piperazine rings is 1. The number of anilines is 3. The standard InChI is InChI=1S/C24H24N8O/c1-29-11-13-31(14-12-29)17-9-7-16(8-10-17)26-24-25-15-19-21(28-24)27-22-18-5-3-4-6-20(18)30(2)32(22)23(19)33/h3-10,15H,11-14H2,1-2H3,(H,25,26,28). The highest BCUT2D eigenvalue weighted by Crippen LogP contribution is 2.23. The summed E-state index contributed by atoms with van der Waals surface area (Å²) in [5.41, 5.74) is 3.81. The first-order valence-electron chi connectivity index (χ1n) is 11.0. The molecule has 9 heteroatoms. The van der Waals surface area contributed by atoms with Gasteiger partial charge >= 0.3 is 0 Å². The van der Waals surface area contributed by atoms with E-state index in [-0.39, 0.29) is 5.56 Å². The predicted octanol–water partition coefficient (Wildman–Crippen LogP) is 2.62. The molecule has 1 N–H and O–H groups in total. The normalized spacial score (nSPS) is 15.0. The van der Waals surface area contributed by atoms with Crippen molar-refractivity contribution in [3.05, 3.63) is 65.1 Å². The molecule has 0 spiro atoms. The van der Waals surface area contributed by atoms with E-state index in [2.05, 4.69) is 44.3 Å². The first-order valence-corrected chi connectivity index (χ1v) is 11.0. The second-order valence-corrected chi connectivity index (χ2v) is 8.49. The highest BCUT2D eigenvalue weighted by atomic mass is 16.1. The van der Waals surface area contributed by atoms with Crippen LogP contribution in [0.3, 0.4) is 0 Å². The first-order chi connectivity index (χ1) is 16.1. The highest BCUT2D eigenvalue weighted by Gasteiger charge is 2.16. The van der Waals surface area contributed by atoms with Crippen LogP contribution in [0.4, 0.5) is 17.3 Å². The van der Waals surface area contributed by atoms with Crippen molar-refractivity contribution in [3.8, 4) is 0 Å². The average molecular weight is 441 g/mol. The topological polar surface area (TPSA) is 83.6 Å². The minimum Gasteiger partial charge on any atom is -0.369 e. The Morgan fingerprint density at radius 3 is 2.42 bits per heavy atom. The van der Waals surface area contributed by atoms with Crippen molar-refractivity contribution in [2.24, 2.45) is 7.05 Å². The van der Waals surface area contributed by atoms with Crippen LogP contribution in [-0.4, -0.2) is 62.3 Å². The molecule has 2 aromatic carbocycles. The Hall–Kier alpha value is -3.98. The molecule has 0 unspecified atom stereocenters. The fourth-order valence-corrected chi connectivity index (χ4v) is 4.48. The number of nitrogens with one attached hydrogen (secondary N) is 1. The molecule has 0 aliphatic carbocycles. The number of rotatable bonds is 3. The van der Waals surface area contributed by atoms with Crippen molar-refractivity contribution in [1.82, 2.24) is 29.0 Å². The van der Waals surface area contributed by atoms with Crippen molar-refractivity contribution < 1.29 is 0 Å². The maximum absolute atomic E-state index is 13.2. The fraction of sp³-hybridized carbons (Fsp3) is 0.250. The van der Waals surface area contributed by atoms with Crippen LogP contribution < -0.4 is 15.8 Å². The Labute approximate surface area is 189 Å². The van der Waals surface area contributed by atoms with Gasteiger partial charge in [0.2, 0.25) is 5.95 Å². The van der Waals surface area contributed by atoms with Gasteiger partial charge in [-0.05, 0) is 43.4 Å². The third-order valence-electron chi connectivity index (χ3n) is 6.39. The van der Waals surface area contributed by atoms with E-state index in [0.29, 0.717) is 22.6 Å². The van der Waals surface area contributed by atoms with Gasteiger partial charge in [0.25, 0.3) is 5.56 Å². The van der Waals surface area contributed by atoms with E-state index in [1.165, 1.54) is 5.69 Å². The molecular weight excluding hydrogens is 416 g/mol. The molecule has 9 nitrogen and oxygen atoms in total. The number of benzene rings is 2. The minimum atomic E-state index is -0.184. The molecule has 0 radical (unpaired) electrons. The zero-order valence-electron chi connectivity index (χ0n) is 18.6. The lowest BCUT2D eigenvalue weighted by molar-refractivity contribution is 0.313. The molecule has 6 rings (SSSR count). The number of aryl methyl sites for hydroxylation is 1. The van der Waals surface area contributed by atoms with Gasteiger partial charge in [-0.1, -0.05) is 12.1 Å². The molecule has 3 aromatic heterocycles. The van der Waals surface area contributed by atoms with Crippen molar-refractivity contribution >= 4 is 44.9 Å².